The van der Waals surface area contributed by atoms with Crippen LogP contribution in [-0.2, 0) is 23.8 Å². The van der Waals surface area contributed by atoms with Gasteiger partial charge in [-0.2, -0.15) is 0 Å². The van der Waals surface area contributed by atoms with Crippen molar-refractivity contribution in [3.63, 3.8) is 0 Å². The van der Waals surface area contributed by atoms with Crippen molar-refractivity contribution in [3.05, 3.63) is 24.3 Å². The monoisotopic (exact) mass is 929 g/mol. The molecule has 0 heterocycles. The predicted octanol–water partition coefficient (Wildman–Crippen LogP) is 20.4. The minimum absolute atomic E-state index is 0.0929. The zero-order valence-electron chi connectivity index (χ0n) is 45.0. The highest BCUT2D eigenvalue weighted by Gasteiger charge is 2.17. The highest BCUT2D eigenvalue weighted by atomic mass is 16.6. The van der Waals surface area contributed by atoms with Gasteiger partial charge in [0.25, 0.3) is 0 Å². The van der Waals surface area contributed by atoms with E-state index in [1.54, 1.807) is 0 Å². The standard InChI is InChI=1S/C61H116O5/c1-4-7-10-13-16-19-22-25-27-29-30-31-33-35-38-41-44-47-50-53-56-64-57-59(66-61(63)55-52-49-46-43-40-36-24-21-18-15-12-9-6-3)58-65-60(62)54-51-48-45-42-39-37-34-32-28-26-23-20-17-14-11-8-5-2/h16,19,25,27,59H,4-15,17-18,20-24,26,28-58H2,1-3H3/b19-16-,27-25-. The Hall–Kier alpha value is -1.62. The van der Waals surface area contributed by atoms with Gasteiger partial charge in [-0.25, -0.2) is 0 Å². The average molecular weight is 930 g/mol. The first kappa shape index (κ1) is 64.4. The lowest BCUT2D eigenvalue weighted by Crippen LogP contribution is -2.30. The summed E-state index contributed by atoms with van der Waals surface area (Å²) in [5.74, 6) is -0.373. The summed E-state index contributed by atoms with van der Waals surface area (Å²) in [5, 5.41) is 0. The molecule has 0 bridgehead atoms. The van der Waals surface area contributed by atoms with Crippen LogP contribution in [0, 0.1) is 0 Å². The fourth-order valence-electron chi connectivity index (χ4n) is 9.01. The number of ether oxygens (including phenoxy) is 3. The summed E-state index contributed by atoms with van der Waals surface area (Å²) in [6, 6.07) is 0. The number of hydrogen-bond acceptors (Lipinski definition) is 5. The van der Waals surface area contributed by atoms with Gasteiger partial charge in [0, 0.05) is 19.4 Å². The lowest BCUT2D eigenvalue weighted by atomic mass is 10.0. The zero-order chi connectivity index (χ0) is 47.7. The van der Waals surface area contributed by atoms with Crippen LogP contribution in [0.15, 0.2) is 24.3 Å². The fraction of sp³-hybridized carbons (Fsp3) is 0.902. The number of rotatable bonds is 56. The van der Waals surface area contributed by atoms with Crippen LogP contribution in [-0.4, -0.2) is 37.9 Å². The number of carbonyl (C=O) groups excluding carboxylic acids is 2. The Kier molecular flexibility index (Phi) is 56.3. The molecule has 1 unspecified atom stereocenters. The molecule has 0 rings (SSSR count). The molecule has 1 atom stereocenters. The molecule has 0 aromatic heterocycles. The Bertz CT molecular complexity index is 1010. The van der Waals surface area contributed by atoms with E-state index in [4.69, 9.17) is 14.2 Å². The average Bonchev–Trinajstić information content (AvgIpc) is 3.32. The number of carbonyl (C=O) groups is 2. The molecule has 0 aliphatic heterocycles. The molecule has 0 radical (unpaired) electrons. The van der Waals surface area contributed by atoms with Crippen LogP contribution in [0.2, 0.25) is 0 Å². The Morgan fingerprint density at radius 2 is 0.636 bits per heavy atom. The van der Waals surface area contributed by atoms with Crippen molar-refractivity contribution >= 4 is 11.9 Å². The molecule has 390 valence electrons. The van der Waals surface area contributed by atoms with Gasteiger partial charge in [-0.3, -0.25) is 9.59 Å². The van der Waals surface area contributed by atoms with Gasteiger partial charge < -0.3 is 14.2 Å². The molecule has 0 aromatic rings. The molecule has 0 amide bonds. The molecule has 0 spiro atoms. The topological polar surface area (TPSA) is 61.8 Å². The van der Waals surface area contributed by atoms with Crippen molar-refractivity contribution < 1.29 is 23.8 Å². The SMILES string of the molecule is CCCCC/C=C\C/C=C\CCCCCCCCCCCCOCC(COC(=O)CCCCCCCCCCCCCCCCCCC)OC(=O)CCCCCCCCCCCCCCC. The molecule has 66 heavy (non-hydrogen) atoms. The highest BCUT2D eigenvalue weighted by Crippen LogP contribution is 2.17. The van der Waals surface area contributed by atoms with E-state index in [9.17, 15) is 9.59 Å². The van der Waals surface area contributed by atoms with Crippen molar-refractivity contribution in [1.29, 1.82) is 0 Å². The smallest absolute Gasteiger partial charge is 0.306 e. The highest BCUT2D eigenvalue weighted by molar-refractivity contribution is 5.70. The van der Waals surface area contributed by atoms with Gasteiger partial charge >= 0.3 is 11.9 Å². The third-order valence-electron chi connectivity index (χ3n) is 13.5. The van der Waals surface area contributed by atoms with Crippen molar-refractivity contribution in [2.24, 2.45) is 0 Å². The molecule has 0 fully saturated rings. The van der Waals surface area contributed by atoms with Crippen molar-refractivity contribution in [2.45, 2.75) is 335 Å². The summed E-state index contributed by atoms with van der Waals surface area (Å²) in [5.41, 5.74) is 0. The van der Waals surface area contributed by atoms with Gasteiger partial charge in [0.2, 0.25) is 0 Å². The molecule has 0 aliphatic rings. The first-order valence-corrected chi connectivity index (χ1v) is 29.9. The molecular formula is C61H116O5. The van der Waals surface area contributed by atoms with Crippen LogP contribution >= 0.6 is 0 Å². The van der Waals surface area contributed by atoms with Crippen LogP contribution in [0.25, 0.3) is 0 Å². The maximum Gasteiger partial charge on any atom is 0.306 e. The minimum Gasteiger partial charge on any atom is -0.462 e. The normalized spacial score (nSPS) is 12.2. The molecule has 0 saturated carbocycles. The molecule has 0 saturated heterocycles. The third-order valence-corrected chi connectivity index (χ3v) is 13.5. The van der Waals surface area contributed by atoms with Crippen LogP contribution in [0.4, 0.5) is 0 Å². The fourth-order valence-corrected chi connectivity index (χ4v) is 9.01. The van der Waals surface area contributed by atoms with E-state index in [0.717, 1.165) is 44.9 Å². The van der Waals surface area contributed by atoms with Gasteiger partial charge in [-0.05, 0) is 51.4 Å². The molecule has 0 aliphatic carbocycles. The Morgan fingerprint density at radius 3 is 1.03 bits per heavy atom. The molecular weight excluding hydrogens is 813 g/mol. The van der Waals surface area contributed by atoms with E-state index >= 15 is 0 Å². The number of allylic oxidation sites excluding steroid dienone is 4. The summed E-state index contributed by atoms with van der Waals surface area (Å²) < 4.78 is 17.5. The summed E-state index contributed by atoms with van der Waals surface area (Å²) in [6.45, 7) is 7.87. The second-order valence-corrected chi connectivity index (χ2v) is 20.3. The van der Waals surface area contributed by atoms with E-state index in [1.807, 2.05) is 0 Å². The lowest BCUT2D eigenvalue weighted by Gasteiger charge is -2.18. The predicted molar refractivity (Wildman–Crippen MR) is 289 cm³/mol. The third kappa shape index (κ3) is 55.0. The van der Waals surface area contributed by atoms with Crippen LogP contribution in [0.3, 0.4) is 0 Å². The molecule has 0 aromatic carbocycles. The summed E-state index contributed by atoms with van der Waals surface area (Å²) in [7, 11) is 0. The van der Waals surface area contributed by atoms with E-state index in [2.05, 4.69) is 45.1 Å². The Balaban J connectivity index is 4.18. The van der Waals surface area contributed by atoms with Crippen LogP contribution < -0.4 is 0 Å². The zero-order valence-corrected chi connectivity index (χ0v) is 45.0. The van der Waals surface area contributed by atoms with E-state index in [-0.39, 0.29) is 18.5 Å². The van der Waals surface area contributed by atoms with Crippen LogP contribution in [0.1, 0.15) is 329 Å². The summed E-state index contributed by atoms with van der Waals surface area (Å²) in [6.07, 6.45) is 69.1. The minimum atomic E-state index is -0.530. The van der Waals surface area contributed by atoms with E-state index in [0.29, 0.717) is 26.1 Å². The number of esters is 2. The Morgan fingerprint density at radius 1 is 0.333 bits per heavy atom. The first-order chi connectivity index (χ1) is 32.6. The second kappa shape index (κ2) is 57.7. The van der Waals surface area contributed by atoms with Gasteiger partial charge in [0.15, 0.2) is 6.10 Å². The van der Waals surface area contributed by atoms with Crippen molar-refractivity contribution in [3.8, 4) is 0 Å². The van der Waals surface area contributed by atoms with Crippen LogP contribution in [0.5, 0.6) is 0 Å². The van der Waals surface area contributed by atoms with Gasteiger partial charge in [-0.15, -0.1) is 0 Å². The number of unbranched alkanes of at least 4 members (excludes halogenated alkanes) is 41. The summed E-state index contributed by atoms with van der Waals surface area (Å²) in [4.78, 5) is 25.5. The molecule has 5 heteroatoms. The molecule has 5 nitrogen and oxygen atoms in total. The molecule has 0 N–H and O–H groups in total. The van der Waals surface area contributed by atoms with Crippen molar-refractivity contribution in [1.82, 2.24) is 0 Å². The first-order valence-electron chi connectivity index (χ1n) is 29.9. The van der Waals surface area contributed by atoms with Gasteiger partial charge in [0.1, 0.15) is 6.61 Å². The second-order valence-electron chi connectivity index (χ2n) is 20.3. The lowest BCUT2D eigenvalue weighted by molar-refractivity contribution is -0.163. The van der Waals surface area contributed by atoms with Gasteiger partial charge in [-0.1, -0.05) is 289 Å². The number of hydrogen-bond donors (Lipinski definition) is 0. The van der Waals surface area contributed by atoms with E-state index in [1.165, 1.54) is 250 Å². The van der Waals surface area contributed by atoms with Crippen molar-refractivity contribution in [2.75, 3.05) is 19.8 Å². The van der Waals surface area contributed by atoms with Gasteiger partial charge in [0.05, 0.1) is 6.61 Å². The largest absolute Gasteiger partial charge is 0.462 e. The quantitative estimate of drug-likeness (QED) is 0.0345. The maximum atomic E-state index is 12.8. The maximum absolute atomic E-state index is 12.8. The van der Waals surface area contributed by atoms with E-state index < -0.39 is 6.10 Å². The Labute approximate surface area is 413 Å². The summed E-state index contributed by atoms with van der Waals surface area (Å²) >= 11 is 0.